The minimum absolute atomic E-state index is 0.0963. The third kappa shape index (κ3) is 4.76. The highest BCUT2D eigenvalue weighted by Gasteiger charge is 2.23. The molecule has 2 aromatic carbocycles. The maximum atomic E-state index is 12.7. The summed E-state index contributed by atoms with van der Waals surface area (Å²) >= 11 is 0.777. The van der Waals surface area contributed by atoms with E-state index in [1.54, 1.807) is 31.2 Å². The molecule has 11 heteroatoms. The Bertz CT molecular complexity index is 1130. The highest BCUT2D eigenvalue weighted by atomic mass is 32.2. The lowest BCUT2D eigenvalue weighted by Gasteiger charge is -2.13. The number of thiazole rings is 1. The first-order valence-electron chi connectivity index (χ1n) is 8.25. The number of benzene rings is 2. The van der Waals surface area contributed by atoms with Gasteiger partial charge in [-0.15, -0.1) is 0 Å². The first kappa shape index (κ1) is 20.4. The average Bonchev–Trinajstić information content (AvgIpc) is 3.18. The number of nitro groups is 1. The minimum atomic E-state index is -3.91. The van der Waals surface area contributed by atoms with E-state index in [0.29, 0.717) is 5.75 Å². The topological polar surface area (TPSA) is 128 Å². The molecule has 1 amide bonds. The van der Waals surface area contributed by atoms with Gasteiger partial charge in [-0.2, -0.15) is 0 Å². The van der Waals surface area contributed by atoms with Crippen LogP contribution in [0.3, 0.4) is 0 Å². The smallest absolute Gasteiger partial charge is 0.269 e. The summed E-state index contributed by atoms with van der Waals surface area (Å²) in [5.41, 5.74) is -0.214. The molecule has 0 saturated carbocycles. The highest BCUT2D eigenvalue weighted by molar-refractivity contribution is 7.93. The predicted octanol–water partition coefficient (Wildman–Crippen LogP) is 3.29. The molecule has 3 rings (SSSR count). The van der Waals surface area contributed by atoms with Crippen LogP contribution in [0.5, 0.6) is 5.75 Å². The number of non-ortho nitro benzene ring substituents is 1. The fourth-order valence-corrected chi connectivity index (χ4v) is 4.70. The maximum Gasteiger partial charge on any atom is 0.269 e. The number of nitrogens with one attached hydrogen (secondary N) is 1. The summed E-state index contributed by atoms with van der Waals surface area (Å²) in [5, 5.41) is 13.3. The van der Waals surface area contributed by atoms with Gasteiger partial charge in [0.15, 0.2) is 11.2 Å². The Morgan fingerprint density at radius 3 is 2.45 bits per heavy atom. The third-order valence-corrected chi connectivity index (χ3v) is 6.91. The number of carbonyl (C=O) groups is 1. The predicted molar refractivity (Wildman–Crippen MR) is 106 cm³/mol. The second-order valence-corrected chi connectivity index (χ2v) is 9.01. The monoisotopic (exact) mass is 433 g/mol. The lowest BCUT2D eigenvalue weighted by Crippen LogP contribution is -2.30. The fourth-order valence-electron chi connectivity index (χ4n) is 2.27. The molecular weight excluding hydrogens is 418 g/mol. The van der Waals surface area contributed by atoms with Crippen LogP contribution >= 0.6 is 11.3 Å². The largest absolute Gasteiger partial charge is 0.481 e. The van der Waals surface area contributed by atoms with Crippen LogP contribution in [-0.2, 0) is 14.6 Å². The van der Waals surface area contributed by atoms with Crippen LogP contribution in [-0.4, -0.2) is 30.3 Å². The van der Waals surface area contributed by atoms with Gasteiger partial charge in [0, 0.05) is 12.1 Å². The van der Waals surface area contributed by atoms with E-state index in [1.807, 2.05) is 6.07 Å². The van der Waals surface area contributed by atoms with Crippen LogP contribution in [0.15, 0.2) is 69.9 Å². The van der Waals surface area contributed by atoms with Crippen LogP contribution in [0.2, 0.25) is 0 Å². The Kier molecular flexibility index (Phi) is 5.89. The number of nitro benzene ring substituents is 1. The zero-order chi connectivity index (χ0) is 21.0. The number of nitrogens with zero attached hydrogens (tertiary/aromatic N) is 2. The Morgan fingerprint density at radius 1 is 1.17 bits per heavy atom. The van der Waals surface area contributed by atoms with Crippen molar-refractivity contribution in [3.05, 3.63) is 70.9 Å². The normalized spacial score (nSPS) is 12.2. The molecule has 0 unspecified atom stereocenters. The van der Waals surface area contributed by atoms with E-state index in [-0.39, 0.29) is 19.9 Å². The average molecular weight is 433 g/mol. The van der Waals surface area contributed by atoms with Crippen molar-refractivity contribution >= 4 is 37.9 Å². The molecular formula is C18H15N3O6S2. The first-order chi connectivity index (χ1) is 13.8. The van der Waals surface area contributed by atoms with Crippen LogP contribution in [0.4, 0.5) is 10.8 Å². The second-order valence-electron chi connectivity index (χ2n) is 5.80. The summed E-state index contributed by atoms with van der Waals surface area (Å²) in [5.74, 6) is 0.0400. The van der Waals surface area contributed by atoms with Gasteiger partial charge < -0.3 is 4.74 Å². The van der Waals surface area contributed by atoms with Crippen molar-refractivity contribution in [1.82, 2.24) is 4.98 Å². The number of para-hydroxylation sites is 1. The van der Waals surface area contributed by atoms with Crippen LogP contribution < -0.4 is 10.1 Å². The van der Waals surface area contributed by atoms with E-state index in [0.717, 1.165) is 41.8 Å². The number of aromatic nitrogens is 1. The Hall–Kier alpha value is -3.31. The lowest BCUT2D eigenvalue weighted by molar-refractivity contribution is -0.384. The standard InChI is InChI=1S/C18H15N3O6S2/c1-12(27-14-5-3-2-4-6-14)17(22)20-18-19-11-16(28-18)29(25,26)15-9-7-13(8-10-15)21(23)24/h2-12H,1H3,(H,19,20,22)/t12-/m1/s1. The number of rotatable bonds is 7. The van der Waals surface area contributed by atoms with Crippen molar-refractivity contribution in [2.45, 2.75) is 22.1 Å². The number of hydrogen-bond acceptors (Lipinski definition) is 8. The van der Waals surface area contributed by atoms with E-state index in [1.165, 1.54) is 0 Å². The number of anilines is 1. The SMILES string of the molecule is C[C@@H](Oc1ccccc1)C(=O)Nc1ncc(S(=O)(=O)c2ccc([N+](=O)[O-])cc2)s1. The zero-order valence-electron chi connectivity index (χ0n) is 15.0. The Labute approximate surface area is 170 Å². The molecule has 9 nitrogen and oxygen atoms in total. The molecule has 1 N–H and O–H groups in total. The molecule has 1 heterocycles. The number of amides is 1. The highest BCUT2D eigenvalue weighted by Crippen LogP contribution is 2.29. The van der Waals surface area contributed by atoms with Gasteiger partial charge in [0.25, 0.3) is 11.6 Å². The maximum absolute atomic E-state index is 12.7. The summed E-state index contributed by atoms with van der Waals surface area (Å²) in [4.78, 5) is 26.2. The fraction of sp³-hybridized carbons (Fsp3) is 0.111. The lowest BCUT2D eigenvalue weighted by atomic mass is 10.3. The van der Waals surface area contributed by atoms with Crippen molar-refractivity contribution in [2.75, 3.05) is 5.32 Å². The van der Waals surface area contributed by atoms with Crippen LogP contribution in [0, 0.1) is 10.1 Å². The zero-order valence-corrected chi connectivity index (χ0v) is 16.6. The van der Waals surface area contributed by atoms with Crippen molar-refractivity contribution in [1.29, 1.82) is 0 Å². The van der Waals surface area contributed by atoms with Gasteiger partial charge >= 0.3 is 0 Å². The third-order valence-electron chi connectivity index (χ3n) is 3.76. The summed E-state index contributed by atoms with van der Waals surface area (Å²) in [6.45, 7) is 1.56. The van der Waals surface area contributed by atoms with Crippen LogP contribution in [0.25, 0.3) is 0 Å². The summed E-state index contributed by atoms with van der Waals surface area (Å²) in [7, 11) is -3.91. The van der Waals surface area contributed by atoms with Gasteiger partial charge in [-0.05, 0) is 31.2 Å². The van der Waals surface area contributed by atoms with Crippen molar-refractivity contribution in [2.24, 2.45) is 0 Å². The van der Waals surface area contributed by atoms with E-state index in [4.69, 9.17) is 4.74 Å². The van der Waals surface area contributed by atoms with Crippen LogP contribution in [0.1, 0.15) is 6.92 Å². The minimum Gasteiger partial charge on any atom is -0.481 e. The second kappa shape index (κ2) is 8.37. The molecule has 3 aromatic rings. The number of sulfone groups is 1. The molecule has 29 heavy (non-hydrogen) atoms. The van der Waals surface area contributed by atoms with Gasteiger partial charge in [-0.3, -0.25) is 20.2 Å². The molecule has 0 aliphatic rings. The molecule has 1 aromatic heterocycles. The first-order valence-corrected chi connectivity index (χ1v) is 10.6. The summed E-state index contributed by atoms with van der Waals surface area (Å²) < 4.78 is 30.7. The Morgan fingerprint density at radius 2 is 1.83 bits per heavy atom. The van der Waals surface area contributed by atoms with Gasteiger partial charge in [0.05, 0.1) is 16.0 Å². The quantitative estimate of drug-likeness (QED) is 0.447. The number of hydrogen-bond donors (Lipinski definition) is 1. The van der Waals surface area contributed by atoms with Gasteiger partial charge in [0.1, 0.15) is 9.96 Å². The Balaban J connectivity index is 1.71. The van der Waals surface area contributed by atoms with E-state index >= 15 is 0 Å². The number of carbonyl (C=O) groups excluding carboxylic acids is 1. The van der Waals surface area contributed by atoms with Crippen molar-refractivity contribution in [3.8, 4) is 5.75 Å². The summed E-state index contributed by atoms with van der Waals surface area (Å²) in [6, 6.07) is 13.3. The molecule has 0 aliphatic carbocycles. The van der Waals surface area contributed by atoms with Crippen molar-refractivity contribution in [3.63, 3.8) is 0 Å². The molecule has 0 fully saturated rings. The van der Waals surface area contributed by atoms with Crippen molar-refractivity contribution < 1.29 is 22.9 Å². The molecule has 1 atom stereocenters. The molecule has 0 saturated heterocycles. The van der Waals surface area contributed by atoms with E-state index < -0.39 is 26.8 Å². The molecule has 150 valence electrons. The summed E-state index contributed by atoms with van der Waals surface area (Å²) in [6.07, 6.45) is 0.302. The molecule has 0 aliphatic heterocycles. The van der Waals surface area contributed by atoms with Gasteiger partial charge in [-0.25, -0.2) is 13.4 Å². The van der Waals surface area contributed by atoms with Gasteiger partial charge in [-0.1, -0.05) is 29.5 Å². The van der Waals surface area contributed by atoms with Gasteiger partial charge in [0.2, 0.25) is 9.84 Å². The molecule has 0 spiro atoms. The molecule has 0 radical (unpaired) electrons. The van der Waals surface area contributed by atoms with E-state index in [9.17, 15) is 23.3 Å². The molecule has 0 bridgehead atoms. The van der Waals surface area contributed by atoms with E-state index in [2.05, 4.69) is 10.3 Å². The number of ether oxygens (including phenoxy) is 1.